The van der Waals surface area contributed by atoms with Crippen LogP contribution in [0.25, 0.3) is 0 Å². The van der Waals surface area contributed by atoms with E-state index in [-0.39, 0.29) is 5.92 Å². The van der Waals surface area contributed by atoms with Crippen LogP contribution >= 0.6 is 0 Å². The smallest absolute Gasteiger partial charge is 0.306 e. The Morgan fingerprint density at radius 2 is 2.05 bits per heavy atom. The maximum Gasteiger partial charge on any atom is 0.306 e. The van der Waals surface area contributed by atoms with Gasteiger partial charge in [0.25, 0.3) is 0 Å². The molecule has 4 nitrogen and oxygen atoms in total. The third kappa shape index (κ3) is 4.24. The zero-order valence-corrected chi connectivity index (χ0v) is 12.1. The van der Waals surface area contributed by atoms with E-state index >= 15 is 0 Å². The number of hydrogen-bond donors (Lipinski definition) is 2. The van der Waals surface area contributed by atoms with Gasteiger partial charge in [-0.3, -0.25) is 4.79 Å². The Balaban J connectivity index is 2.50. The minimum atomic E-state index is -0.738. The molecular formula is C15H23NO3. The molecule has 19 heavy (non-hydrogen) atoms. The maximum absolute atomic E-state index is 10.7. The van der Waals surface area contributed by atoms with Crippen LogP contribution in [0, 0.1) is 19.8 Å². The van der Waals surface area contributed by atoms with E-state index in [2.05, 4.69) is 18.3 Å². The van der Waals surface area contributed by atoms with Gasteiger partial charge in [-0.15, -0.1) is 0 Å². The number of carboxylic acids is 1. The number of carboxylic acid groups (broad SMARTS) is 1. The molecule has 4 heteroatoms. The molecule has 1 aromatic rings. The summed E-state index contributed by atoms with van der Waals surface area (Å²) in [5.74, 6) is -0.134. The van der Waals surface area contributed by atoms with Gasteiger partial charge >= 0.3 is 5.97 Å². The molecule has 1 rings (SSSR count). The Bertz CT molecular complexity index is 443. The molecule has 0 aliphatic heterocycles. The molecule has 0 aliphatic rings. The van der Waals surface area contributed by atoms with Gasteiger partial charge < -0.3 is 15.2 Å². The molecule has 0 saturated heterocycles. The molecule has 2 N–H and O–H groups in total. The lowest BCUT2D eigenvalue weighted by molar-refractivity contribution is -0.141. The van der Waals surface area contributed by atoms with Crippen molar-refractivity contribution in [2.24, 2.45) is 5.92 Å². The highest BCUT2D eigenvalue weighted by Gasteiger charge is 2.10. The zero-order chi connectivity index (χ0) is 14.4. The molecular weight excluding hydrogens is 242 g/mol. The van der Waals surface area contributed by atoms with Crippen LogP contribution < -0.4 is 10.1 Å². The van der Waals surface area contributed by atoms with Gasteiger partial charge in [0.2, 0.25) is 0 Å². The summed E-state index contributed by atoms with van der Waals surface area (Å²) in [5, 5.41) is 12.1. The first-order chi connectivity index (χ1) is 8.97. The zero-order valence-electron chi connectivity index (χ0n) is 12.1. The van der Waals surface area contributed by atoms with Gasteiger partial charge in [0.15, 0.2) is 0 Å². The second-order valence-corrected chi connectivity index (χ2v) is 4.88. The number of methoxy groups -OCH3 is 1. The molecule has 0 bridgehead atoms. The fraction of sp³-hybridized carbons (Fsp3) is 0.533. The fourth-order valence-corrected chi connectivity index (χ4v) is 1.93. The summed E-state index contributed by atoms with van der Waals surface area (Å²) >= 11 is 0. The van der Waals surface area contributed by atoms with E-state index in [1.165, 1.54) is 11.1 Å². The quantitative estimate of drug-likeness (QED) is 0.744. The van der Waals surface area contributed by atoms with Crippen LogP contribution in [0.1, 0.15) is 30.0 Å². The summed E-state index contributed by atoms with van der Waals surface area (Å²) in [6.07, 6.45) is 0.642. The first kappa shape index (κ1) is 15.5. The molecule has 0 radical (unpaired) electrons. The van der Waals surface area contributed by atoms with E-state index in [0.29, 0.717) is 13.0 Å². The molecule has 0 fully saturated rings. The molecule has 0 spiro atoms. The lowest BCUT2D eigenvalue weighted by atomic mass is 10.0. The number of aliphatic carboxylic acids is 1. The lowest BCUT2D eigenvalue weighted by Gasteiger charge is -2.13. The van der Waals surface area contributed by atoms with Crippen LogP contribution in [-0.2, 0) is 11.3 Å². The van der Waals surface area contributed by atoms with Gasteiger partial charge in [-0.25, -0.2) is 0 Å². The van der Waals surface area contributed by atoms with Gasteiger partial charge in [-0.05, 0) is 49.6 Å². The van der Waals surface area contributed by atoms with E-state index < -0.39 is 5.97 Å². The minimum absolute atomic E-state index is 0.300. The molecule has 0 aliphatic carbocycles. The standard InChI is InChI=1S/C15H23NO3/c1-10(15(17)18)7-8-16-9-13-5-6-14(19-4)12(3)11(13)2/h5-6,10,16H,7-9H2,1-4H3,(H,17,18). The topological polar surface area (TPSA) is 58.6 Å². The molecule has 1 unspecified atom stereocenters. The Morgan fingerprint density at radius 3 is 2.63 bits per heavy atom. The summed E-state index contributed by atoms with van der Waals surface area (Å²) in [6, 6.07) is 4.02. The van der Waals surface area contributed by atoms with Crippen molar-refractivity contribution in [3.63, 3.8) is 0 Å². The second kappa shape index (κ2) is 7.14. The predicted octanol–water partition coefficient (Wildman–Crippen LogP) is 2.51. The van der Waals surface area contributed by atoms with Gasteiger partial charge in [-0.2, -0.15) is 0 Å². The summed E-state index contributed by atoms with van der Waals surface area (Å²) in [7, 11) is 1.67. The van der Waals surface area contributed by atoms with Crippen LogP contribution in [0.5, 0.6) is 5.75 Å². The molecule has 0 amide bonds. The fourth-order valence-electron chi connectivity index (χ4n) is 1.93. The van der Waals surface area contributed by atoms with Crippen molar-refractivity contribution in [2.45, 2.75) is 33.7 Å². The first-order valence-corrected chi connectivity index (χ1v) is 6.54. The van der Waals surface area contributed by atoms with Crippen molar-refractivity contribution in [2.75, 3.05) is 13.7 Å². The minimum Gasteiger partial charge on any atom is -0.496 e. The Labute approximate surface area is 114 Å². The summed E-state index contributed by atoms with van der Waals surface area (Å²) in [5.41, 5.74) is 3.60. The maximum atomic E-state index is 10.7. The molecule has 106 valence electrons. The Morgan fingerprint density at radius 1 is 1.37 bits per heavy atom. The average molecular weight is 265 g/mol. The van der Waals surface area contributed by atoms with E-state index in [0.717, 1.165) is 17.9 Å². The van der Waals surface area contributed by atoms with Crippen LogP contribution in [0.3, 0.4) is 0 Å². The largest absolute Gasteiger partial charge is 0.496 e. The van der Waals surface area contributed by atoms with Gasteiger partial charge in [0, 0.05) is 6.54 Å². The monoisotopic (exact) mass is 265 g/mol. The van der Waals surface area contributed by atoms with Crippen LogP contribution in [0.4, 0.5) is 0 Å². The van der Waals surface area contributed by atoms with Crippen LogP contribution in [0.15, 0.2) is 12.1 Å². The third-order valence-electron chi connectivity index (χ3n) is 3.56. The molecule has 1 aromatic carbocycles. The van der Waals surface area contributed by atoms with Crippen molar-refractivity contribution in [1.29, 1.82) is 0 Å². The highest BCUT2D eigenvalue weighted by atomic mass is 16.5. The number of rotatable bonds is 7. The summed E-state index contributed by atoms with van der Waals surface area (Å²) < 4.78 is 5.28. The Kier molecular flexibility index (Phi) is 5.83. The normalized spacial score (nSPS) is 12.2. The average Bonchev–Trinajstić information content (AvgIpc) is 2.39. The van der Waals surface area contributed by atoms with Crippen molar-refractivity contribution in [3.05, 3.63) is 28.8 Å². The Hall–Kier alpha value is -1.55. The number of nitrogens with one attached hydrogen (secondary N) is 1. The van der Waals surface area contributed by atoms with Crippen molar-refractivity contribution in [1.82, 2.24) is 5.32 Å². The van der Waals surface area contributed by atoms with Crippen molar-refractivity contribution >= 4 is 5.97 Å². The molecule has 1 atom stereocenters. The number of benzene rings is 1. The highest BCUT2D eigenvalue weighted by molar-refractivity contribution is 5.69. The first-order valence-electron chi connectivity index (χ1n) is 6.54. The SMILES string of the molecule is COc1ccc(CNCCC(C)C(=O)O)c(C)c1C. The van der Waals surface area contributed by atoms with Crippen LogP contribution in [-0.4, -0.2) is 24.7 Å². The van der Waals surface area contributed by atoms with E-state index in [4.69, 9.17) is 9.84 Å². The van der Waals surface area contributed by atoms with Crippen LogP contribution in [0.2, 0.25) is 0 Å². The van der Waals surface area contributed by atoms with E-state index in [9.17, 15) is 4.79 Å². The molecule has 0 aromatic heterocycles. The number of carbonyl (C=O) groups is 1. The predicted molar refractivity (Wildman–Crippen MR) is 75.6 cm³/mol. The van der Waals surface area contributed by atoms with Crippen molar-refractivity contribution < 1.29 is 14.6 Å². The molecule has 0 saturated carbocycles. The van der Waals surface area contributed by atoms with E-state index in [1.54, 1.807) is 14.0 Å². The summed E-state index contributed by atoms with van der Waals surface area (Å²) in [4.78, 5) is 10.7. The van der Waals surface area contributed by atoms with E-state index in [1.807, 2.05) is 13.0 Å². The number of ether oxygens (including phenoxy) is 1. The highest BCUT2D eigenvalue weighted by Crippen LogP contribution is 2.23. The molecule has 0 heterocycles. The number of hydrogen-bond acceptors (Lipinski definition) is 3. The van der Waals surface area contributed by atoms with Gasteiger partial charge in [0.05, 0.1) is 13.0 Å². The van der Waals surface area contributed by atoms with Crippen molar-refractivity contribution in [3.8, 4) is 5.75 Å². The van der Waals surface area contributed by atoms with Gasteiger partial charge in [-0.1, -0.05) is 13.0 Å². The third-order valence-corrected chi connectivity index (χ3v) is 3.56. The second-order valence-electron chi connectivity index (χ2n) is 4.88. The summed E-state index contributed by atoms with van der Waals surface area (Å²) in [6.45, 7) is 7.31. The lowest BCUT2D eigenvalue weighted by Crippen LogP contribution is -2.20. The van der Waals surface area contributed by atoms with Gasteiger partial charge in [0.1, 0.15) is 5.75 Å².